The predicted molar refractivity (Wildman–Crippen MR) is 82.7 cm³/mol. The maximum absolute atomic E-state index is 12.2. The van der Waals surface area contributed by atoms with Gasteiger partial charge in [0.1, 0.15) is 0 Å². The number of hydrogen-bond donors (Lipinski definition) is 2. The minimum atomic E-state index is -0.365. The minimum absolute atomic E-state index is 0.300. The Kier molecular flexibility index (Phi) is 4.28. The first-order valence-electron chi connectivity index (χ1n) is 5.57. The van der Waals surface area contributed by atoms with E-state index in [0.29, 0.717) is 32.0 Å². The van der Waals surface area contributed by atoms with Crippen LogP contribution in [0, 0.1) is 11.3 Å². The lowest BCUT2D eigenvalue weighted by atomic mass is 10.1. The van der Waals surface area contributed by atoms with Gasteiger partial charge in [-0.25, -0.2) is 0 Å². The molecule has 1 amide bonds. The molecule has 0 heterocycles. The predicted octanol–water partition coefficient (Wildman–Crippen LogP) is 3.81. The highest BCUT2D eigenvalue weighted by atomic mass is 79.9. The zero-order chi connectivity index (χ0) is 14.7. The van der Waals surface area contributed by atoms with Crippen LogP contribution < -0.4 is 11.1 Å². The molecule has 0 atom stereocenters. The van der Waals surface area contributed by atoms with Gasteiger partial charge in [0.2, 0.25) is 0 Å². The molecule has 0 fully saturated rings. The van der Waals surface area contributed by atoms with Gasteiger partial charge in [-0.3, -0.25) is 4.79 Å². The van der Waals surface area contributed by atoms with E-state index in [4.69, 9.17) is 22.6 Å². The summed E-state index contributed by atoms with van der Waals surface area (Å²) in [6.07, 6.45) is 0. The topological polar surface area (TPSA) is 78.9 Å². The van der Waals surface area contributed by atoms with Gasteiger partial charge in [-0.2, -0.15) is 5.26 Å². The van der Waals surface area contributed by atoms with Crippen LogP contribution in [0.3, 0.4) is 0 Å². The van der Waals surface area contributed by atoms with Gasteiger partial charge in [-0.15, -0.1) is 0 Å². The summed E-state index contributed by atoms with van der Waals surface area (Å²) in [5, 5.41) is 11.9. The molecule has 0 aliphatic rings. The zero-order valence-electron chi connectivity index (χ0n) is 10.2. The van der Waals surface area contributed by atoms with Crippen LogP contribution in [-0.4, -0.2) is 5.91 Å². The molecule has 20 heavy (non-hydrogen) atoms. The molecule has 0 aliphatic carbocycles. The average molecular weight is 351 g/mol. The molecule has 0 spiro atoms. The van der Waals surface area contributed by atoms with E-state index < -0.39 is 0 Å². The molecule has 4 nitrogen and oxygen atoms in total. The first-order chi connectivity index (χ1) is 9.51. The van der Waals surface area contributed by atoms with Crippen LogP contribution in [0.15, 0.2) is 40.9 Å². The first kappa shape index (κ1) is 14.4. The summed E-state index contributed by atoms with van der Waals surface area (Å²) in [6.45, 7) is 0. The lowest BCUT2D eigenvalue weighted by Gasteiger charge is -2.09. The third-order valence-corrected chi connectivity index (χ3v) is 3.50. The van der Waals surface area contributed by atoms with Gasteiger partial charge >= 0.3 is 0 Å². The fraction of sp³-hybridized carbons (Fsp3) is 0. The standard InChI is InChI=1S/C14H9BrClN3O/c15-11-5-8(7-17)1-4-13(11)19-14(20)10-6-9(16)2-3-12(10)18/h1-6H,18H2,(H,19,20). The molecule has 0 unspecified atom stereocenters. The highest BCUT2D eigenvalue weighted by Crippen LogP contribution is 2.25. The number of benzene rings is 2. The highest BCUT2D eigenvalue weighted by Gasteiger charge is 2.12. The number of nitrogens with zero attached hydrogens (tertiary/aromatic N) is 1. The molecule has 2 aromatic carbocycles. The van der Waals surface area contributed by atoms with Crippen LogP contribution in [0.5, 0.6) is 0 Å². The number of hydrogen-bond acceptors (Lipinski definition) is 3. The smallest absolute Gasteiger partial charge is 0.257 e. The van der Waals surface area contributed by atoms with E-state index in [-0.39, 0.29) is 5.91 Å². The number of amides is 1. The highest BCUT2D eigenvalue weighted by molar-refractivity contribution is 9.10. The molecule has 2 rings (SSSR count). The molecule has 0 radical (unpaired) electrons. The van der Waals surface area contributed by atoms with Crippen LogP contribution in [0.1, 0.15) is 15.9 Å². The van der Waals surface area contributed by atoms with Gasteiger partial charge in [0.15, 0.2) is 0 Å². The normalized spacial score (nSPS) is 9.85. The molecule has 0 aromatic heterocycles. The van der Waals surface area contributed by atoms with E-state index in [1.807, 2.05) is 6.07 Å². The van der Waals surface area contributed by atoms with Crippen molar-refractivity contribution in [1.29, 1.82) is 5.26 Å². The molecule has 0 aliphatic heterocycles. The lowest BCUT2D eigenvalue weighted by Crippen LogP contribution is -2.14. The van der Waals surface area contributed by atoms with Crippen molar-refractivity contribution in [3.05, 3.63) is 57.0 Å². The van der Waals surface area contributed by atoms with E-state index in [0.717, 1.165) is 0 Å². The summed E-state index contributed by atoms with van der Waals surface area (Å²) >= 11 is 9.15. The fourth-order valence-electron chi connectivity index (χ4n) is 1.60. The summed E-state index contributed by atoms with van der Waals surface area (Å²) in [5.41, 5.74) is 7.44. The summed E-state index contributed by atoms with van der Waals surface area (Å²) in [4.78, 5) is 12.2. The van der Waals surface area contributed by atoms with E-state index in [2.05, 4.69) is 21.2 Å². The average Bonchev–Trinajstić information content (AvgIpc) is 2.43. The van der Waals surface area contributed by atoms with Gasteiger partial charge in [-0.05, 0) is 52.3 Å². The van der Waals surface area contributed by atoms with Gasteiger partial charge in [0.05, 0.1) is 22.9 Å². The van der Waals surface area contributed by atoms with Crippen LogP contribution in [0.25, 0.3) is 0 Å². The Morgan fingerprint density at radius 3 is 2.70 bits per heavy atom. The molecular formula is C14H9BrClN3O. The summed E-state index contributed by atoms with van der Waals surface area (Å²) in [6, 6.07) is 11.6. The SMILES string of the molecule is N#Cc1ccc(NC(=O)c2cc(Cl)ccc2N)c(Br)c1. The van der Waals surface area contributed by atoms with Crippen molar-refractivity contribution in [3.63, 3.8) is 0 Å². The van der Waals surface area contributed by atoms with E-state index >= 15 is 0 Å². The number of rotatable bonds is 2. The number of nitriles is 1. The maximum Gasteiger partial charge on any atom is 0.257 e. The van der Waals surface area contributed by atoms with Crippen LogP contribution >= 0.6 is 27.5 Å². The largest absolute Gasteiger partial charge is 0.398 e. The second-order valence-electron chi connectivity index (χ2n) is 3.99. The molecular weight excluding hydrogens is 342 g/mol. The third kappa shape index (κ3) is 3.10. The third-order valence-electron chi connectivity index (χ3n) is 2.61. The lowest BCUT2D eigenvalue weighted by molar-refractivity contribution is 0.102. The van der Waals surface area contributed by atoms with E-state index in [1.165, 1.54) is 6.07 Å². The van der Waals surface area contributed by atoms with Gasteiger partial charge in [0.25, 0.3) is 5.91 Å². The van der Waals surface area contributed by atoms with Crippen molar-refractivity contribution >= 4 is 44.8 Å². The number of halogens is 2. The van der Waals surface area contributed by atoms with Crippen LogP contribution in [0.4, 0.5) is 11.4 Å². The summed E-state index contributed by atoms with van der Waals surface area (Å²) in [7, 11) is 0. The van der Waals surface area contributed by atoms with E-state index in [1.54, 1.807) is 30.3 Å². The number of nitrogens with two attached hydrogens (primary N) is 1. The molecule has 3 N–H and O–H groups in total. The first-order valence-corrected chi connectivity index (χ1v) is 6.74. The van der Waals surface area contributed by atoms with Crippen LogP contribution in [-0.2, 0) is 0 Å². The van der Waals surface area contributed by atoms with Crippen molar-refractivity contribution in [2.75, 3.05) is 11.1 Å². The zero-order valence-corrected chi connectivity index (χ0v) is 12.5. The second kappa shape index (κ2) is 5.95. The number of nitrogen functional groups attached to an aromatic ring is 1. The van der Waals surface area contributed by atoms with E-state index in [9.17, 15) is 4.79 Å². The molecule has 0 bridgehead atoms. The summed E-state index contributed by atoms with van der Waals surface area (Å²) < 4.78 is 0.616. The quantitative estimate of drug-likeness (QED) is 0.808. The molecule has 0 saturated carbocycles. The minimum Gasteiger partial charge on any atom is -0.398 e. The Labute approximate surface area is 129 Å². The molecule has 100 valence electrons. The number of carbonyl (C=O) groups excluding carboxylic acids is 1. The molecule has 6 heteroatoms. The van der Waals surface area contributed by atoms with Crippen molar-refractivity contribution in [2.24, 2.45) is 0 Å². The Hall–Kier alpha value is -2.03. The molecule has 2 aromatic rings. The molecule has 0 saturated heterocycles. The maximum atomic E-state index is 12.2. The number of anilines is 2. The number of nitrogens with one attached hydrogen (secondary N) is 1. The Morgan fingerprint density at radius 1 is 1.30 bits per heavy atom. The number of carbonyl (C=O) groups is 1. The Balaban J connectivity index is 2.28. The van der Waals surface area contributed by atoms with Gasteiger partial charge in [0, 0.05) is 15.2 Å². The summed E-state index contributed by atoms with van der Waals surface area (Å²) in [5.74, 6) is -0.365. The Bertz CT molecular complexity index is 725. The van der Waals surface area contributed by atoms with Crippen molar-refractivity contribution < 1.29 is 4.79 Å². The van der Waals surface area contributed by atoms with Crippen LogP contribution in [0.2, 0.25) is 5.02 Å². The van der Waals surface area contributed by atoms with Gasteiger partial charge in [-0.1, -0.05) is 11.6 Å². The van der Waals surface area contributed by atoms with Crippen molar-refractivity contribution in [2.45, 2.75) is 0 Å². The Morgan fingerprint density at radius 2 is 2.05 bits per heavy atom. The van der Waals surface area contributed by atoms with Crippen molar-refractivity contribution in [3.8, 4) is 6.07 Å². The monoisotopic (exact) mass is 349 g/mol. The van der Waals surface area contributed by atoms with Gasteiger partial charge < -0.3 is 11.1 Å². The fourth-order valence-corrected chi connectivity index (χ4v) is 2.25. The second-order valence-corrected chi connectivity index (χ2v) is 5.28. The van der Waals surface area contributed by atoms with Crippen molar-refractivity contribution in [1.82, 2.24) is 0 Å².